The second kappa shape index (κ2) is 4.12. The van der Waals surface area contributed by atoms with E-state index in [0.29, 0.717) is 0 Å². The van der Waals surface area contributed by atoms with Crippen LogP contribution in [0.25, 0.3) is 0 Å². The van der Waals surface area contributed by atoms with Gasteiger partial charge in [0.25, 0.3) is 5.91 Å². The minimum atomic E-state index is -0.346. The van der Waals surface area contributed by atoms with Crippen LogP contribution in [0.5, 0.6) is 0 Å². The minimum Gasteiger partial charge on any atom is -0.355 e. The third-order valence-electron chi connectivity index (χ3n) is 2.48. The van der Waals surface area contributed by atoms with E-state index in [1.807, 2.05) is 32.4 Å². The molecule has 88 valence electrons. The first-order chi connectivity index (χ1) is 7.27. The normalized spacial score (nSPS) is 11.3. The molecule has 0 fully saturated rings. The number of hydrogen-bond acceptors (Lipinski definition) is 2. The summed E-state index contributed by atoms with van der Waals surface area (Å²) in [7, 11) is 3.35. The Morgan fingerprint density at radius 2 is 1.94 bits per heavy atom. The maximum atomic E-state index is 11.8. The Kier molecular flexibility index (Phi) is 3.21. The highest BCUT2D eigenvalue weighted by atomic mass is 16.2. The van der Waals surface area contributed by atoms with E-state index in [9.17, 15) is 9.59 Å². The summed E-state index contributed by atoms with van der Waals surface area (Å²) < 4.78 is 1.83. The van der Waals surface area contributed by atoms with Crippen molar-refractivity contribution in [1.82, 2.24) is 9.88 Å². The van der Waals surface area contributed by atoms with Gasteiger partial charge in [-0.25, -0.2) is 0 Å². The second-order valence-electron chi connectivity index (χ2n) is 4.88. The number of nitrogens with one attached hydrogen (secondary N) is 1. The third kappa shape index (κ3) is 2.32. The molecule has 1 aromatic rings. The highest BCUT2D eigenvalue weighted by Crippen LogP contribution is 2.20. The SMILES string of the molecule is CNC(=O)c1cn(C)c(C(C)(C)C)cc1=O. The predicted molar refractivity (Wildman–Crippen MR) is 63.8 cm³/mol. The summed E-state index contributed by atoms with van der Waals surface area (Å²) in [6, 6.07) is 1.53. The van der Waals surface area contributed by atoms with E-state index < -0.39 is 0 Å². The maximum absolute atomic E-state index is 11.8. The molecule has 0 aliphatic rings. The molecule has 1 aromatic heterocycles. The van der Waals surface area contributed by atoms with Crippen LogP contribution in [-0.4, -0.2) is 17.5 Å². The molecule has 0 unspecified atom stereocenters. The smallest absolute Gasteiger partial charge is 0.256 e. The number of nitrogens with zero attached hydrogens (tertiary/aromatic N) is 1. The molecule has 0 spiro atoms. The number of hydrogen-bond donors (Lipinski definition) is 1. The molecule has 0 saturated heterocycles. The van der Waals surface area contributed by atoms with Gasteiger partial charge in [-0.05, 0) is 0 Å². The zero-order valence-corrected chi connectivity index (χ0v) is 10.4. The van der Waals surface area contributed by atoms with Gasteiger partial charge in [-0.1, -0.05) is 20.8 Å². The van der Waals surface area contributed by atoms with Gasteiger partial charge in [-0.15, -0.1) is 0 Å². The van der Waals surface area contributed by atoms with Crippen molar-refractivity contribution < 1.29 is 4.79 Å². The molecule has 4 heteroatoms. The molecule has 1 heterocycles. The molecule has 4 nitrogen and oxygen atoms in total. The summed E-state index contributed by atoms with van der Waals surface area (Å²) in [5, 5.41) is 2.46. The molecular formula is C12H18N2O2. The van der Waals surface area contributed by atoms with E-state index in [1.165, 1.54) is 13.1 Å². The van der Waals surface area contributed by atoms with Crippen molar-refractivity contribution in [3.05, 3.63) is 33.7 Å². The minimum absolute atomic E-state index is 0.116. The van der Waals surface area contributed by atoms with Crippen molar-refractivity contribution in [3.63, 3.8) is 0 Å². The summed E-state index contributed by atoms with van der Waals surface area (Å²) in [4.78, 5) is 23.2. The highest BCUT2D eigenvalue weighted by Gasteiger charge is 2.19. The molecule has 0 atom stereocenters. The molecule has 16 heavy (non-hydrogen) atoms. The Hall–Kier alpha value is -1.58. The molecule has 0 bridgehead atoms. The number of pyridine rings is 1. The fourth-order valence-electron chi connectivity index (χ4n) is 1.68. The molecule has 1 N–H and O–H groups in total. The lowest BCUT2D eigenvalue weighted by Crippen LogP contribution is -2.29. The van der Waals surface area contributed by atoms with E-state index in [0.717, 1.165) is 5.69 Å². The van der Waals surface area contributed by atoms with Crippen molar-refractivity contribution in [2.45, 2.75) is 26.2 Å². The van der Waals surface area contributed by atoms with Gasteiger partial charge in [0.05, 0.1) is 0 Å². The van der Waals surface area contributed by atoms with E-state index in [-0.39, 0.29) is 22.3 Å². The van der Waals surface area contributed by atoms with Crippen molar-refractivity contribution in [2.75, 3.05) is 7.05 Å². The first-order valence-corrected chi connectivity index (χ1v) is 5.20. The van der Waals surface area contributed by atoms with E-state index in [2.05, 4.69) is 5.32 Å². The Morgan fingerprint density at radius 3 is 2.38 bits per heavy atom. The molecular weight excluding hydrogens is 204 g/mol. The van der Waals surface area contributed by atoms with Crippen LogP contribution in [0, 0.1) is 0 Å². The summed E-state index contributed by atoms with van der Waals surface area (Å²) in [5.41, 5.74) is 0.736. The molecule has 1 rings (SSSR count). The van der Waals surface area contributed by atoms with Gasteiger partial charge in [-0.3, -0.25) is 9.59 Å². The second-order valence-corrected chi connectivity index (χ2v) is 4.88. The average molecular weight is 222 g/mol. The van der Waals surface area contributed by atoms with Gasteiger partial charge >= 0.3 is 0 Å². The molecule has 0 aliphatic carbocycles. The van der Waals surface area contributed by atoms with Crippen LogP contribution in [0.3, 0.4) is 0 Å². The number of amides is 1. The van der Waals surface area contributed by atoms with E-state index in [1.54, 1.807) is 6.20 Å². The van der Waals surface area contributed by atoms with Crippen LogP contribution in [0.1, 0.15) is 36.8 Å². The fourth-order valence-corrected chi connectivity index (χ4v) is 1.68. The highest BCUT2D eigenvalue weighted by molar-refractivity contribution is 5.93. The Labute approximate surface area is 95.3 Å². The maximum Gasteiger partial charge on any atom is 0.256 e. The third-order valence-corrected chi connectivity index (χ3v) is 2.48. The quantitative estimate of drug-likeness (QED) is 0.772. The largest absolute Gasteiger partial charge is 0.355 e. The number of rotatable bonds is 1. The number of carbonyl (C=O) groups is 1. The summed E-state index contributed by atoms with van der Waals surface area (Å²) in [6.45, 7) is 6.09. The van der Waals surface area contributed by atoms with Crippen LogP contribution in [0.4, 0.5) is 0 Å². The fraction of sp³-hybridized carbons (Fsp3) is 0.500. The Bertz CT molecular complexity index is 467. The zero-order chi connectivity index (χ0) is 12.5. The van der Waals surface area contributed by atoms with Gasteiger partial charge in [0.2, 0.25) is 0 Å². The van der Waals surface area contributed by atoms with Gasteiger partial charge in [0.1, 0.15) is 5.56 Å². The lowest BCUT2D eigenvalue weighted by molar-refractivity contribution is 0.0961. The van der Waals surface area contributed by atoms with Crippen LogP contribution >= 0.6 is 0 Å². The first kappa shape index (κ1) is 12.5. The van der Waals surface area contributed by atoms with Crippen molar-refractivity contribution >= 4 is 5.91 Å². The van der Waals surface area contributed by atoms with E-state index in [4.69, 9.17) is 0 Å². The summed E-state index contributed by atoms with van der Waals surface area (Å²) in [6.07, 6.45) is 1.59. The van der Waals surface area contributed by atoms with Crippen molar-refractivity contribution in [2.24, 2.45) is 7.05 Å². The monoisotopic (exact) mass is 222 g/mol. The van der Waals surface area contributed by atoms with Gasteiger partial charge in [0, 0.05) is 37.5 Å². The Morgan fingerprint density at radius 1 is 1.38 bits per heavy atom. The van der Waals surface area contributed by atoms with Crippen LogP contribution in [0.2, 0.25) is 0 Å². The Balaban J connectivity index is 3.40. The standard InChI is InChI=1S/C12H18N2O2/c1-12(2,3)10-6-9(15)8(7-14(10)5)11(16)13-4/h6-7H,1-5H3,(H,13,16). The van der Waals surface area contributed by atoms with Crippen molar-refractivity contribution in [1.29, 1.82) is 0 Å². The molecule has 0 aliphatic heterocycles. The average Bonchev–Trinajstić information content (AvgIpc) is 2.18. The van der Waals surface area contributed by atoms with Crippen LogP contribution < -0.4 is 10.7 Å². The van der Waals surface area contributed by atoms with Gasteiger partial charge < -0.3 is 9.88 Å². The summed E-state index contributed by atoms with van der Waals surface area (Å²) >= 11 is 0. The van der Waals surface area contributed by atoms with Gasteiger partial charge in [0.15, 0.2) is 5.43 Å². The number of carbonyl (C=O) groups excluding carboxylic acids is 1. The predicted octanol–water partition coefficient (Wildman–Crippen LogP) is 1.04. The molecule has 0 saturated carbocycles. The van der Waals surface area contributed by atoms with Crippen LogP contribution in [-0.2, 0) is 12.5 Å². The van der Waals surface area contributed by atoms with E-state index >= 15 is 0 Å². The first-order valence-electron chi connectivity index (χ1n) is 5.20. The number of aryl methyl sites for hydroxylation is 1. The summed E-state index contributed by atoms with van der Waals surface area (Å²) in [5.74, 6) is -0.346. The zero-order valence-electron chi connectivity index (χ0n) is 10.4. The van der Waals surface area contributed by atoms with Crippen molar-refractivity contribution in [3.8, 4) is 0 Å². The topological polar surface area (TPSA) is 51.1 Å². The van der Waals surface area contributed by atoms with Gasteiger partial charge in [-0.2, -0.15) is 0 Å². The lowest BCUT2D eigenvalue weighted by atomic mass is 9.91. The molecule has 0 radical (unpaired) electrons. The molecule has 1 amide bonds. The lowest BCUT2D eigenvalue weighted by Gasteiger charge is -2.22. The molecule has 0 aromatic carbocycles. The number of aromatic nitrogens is 1. The van der Waals surface area contributed by atoms with Crippen LogP contribution in [0.15, 0.2) is 17.1 Å².